The number of methoxy groups -OCH3 is 2. The van der Waals surface area contributed by atoms with E-state index in [-0.39, 0.29) is 35.5 Å². The van der Waals surface area contributed by atoms with E-state index in [9.17, 15) is 26.7 Å². The molecular weight excluding hydrogens is 1220 g/mol. The zero-order valence-electron chi connectivity index (χ0n) is 56.8. The number of piperazine rings is 3. The standard InChI is InChI=1S/C29H35F3N4.C26H35FN4O2.C22H30FN3O.4H2/c1-34(2)26-14-10-24(11-15-26)28(36-20-18-35(19-21-36)27-6-4-3-5-7-27)22-33-17-16-23-8-12-25(13-9-23)29(30,31)32;1-33-24-13-7-20(8-14-24)25(19-28-26(32)29-22-11-9-21(27)10-12-22)31-17-15-30(16-18-31)23-5-3-2-4-6-23;1-25-13-15-26(16-14-25)22(19-5-9-21(27-2)10-6-19)17-24-12-11-18-3-7-20(23)8-4-18;;;;/h3-15,28,33H,16-22H2,1-2H3;7-14,23,25H,2-6,15-19H2,1H3,(H2,28,29,32);3-10,22,24H,11-17H2,1-2H3;4*1H. The number of ether oxygens (including phenoxy) is 2. The molecule has 14 nitrogen and oxygen atoms in total. The van der Waals surface area contributed by atoms with Gasteiger partial charge in [0.2, 0.25) is 0 Å². The van der Waals surface area contributed by atoms with Crippen molar-refractivity contribution in [2.75, 3.05) is 162 Å². The predicted octanol–water partition coefficient (Wildman–Crippen LogP) is 14.1. The fraction of sp³-hybridized carbons (Fsp3) is 0.442. The molecule has 3 aliphatic heterocycles. The monoisotopic (exact) mass is 1330 g/mol. The zero-order valence-corrected chi connectivity index (χ0v) is 56.8. The lowest BCUT2D eigenvalue weighted by molar-refractivity contribution is -0.137. The van der Waals surface area contributed by atoms with Crippen molar-refractivity contribution in [2.24, 2.45) is 0 Å². The van der Waals surface area contributed by atoms with Crippen molar-refractivity contribution in [3.63, 3.8) is 0 Å². The molecule has 4 fully saturated rings. The largest absolute Gasteiger partial charge is 0.497 e. The number of anilines is 3. The van der Waals surface area contributed by atoms with Crippen molar-refractivity contribution >= 4 is 23.1 Å². The second kappa shape index (κ2) is 37.2. The predicted molar refractivity (Wildman–Crippen MR) is 387 cm³/mol. The number of carbonyl (C=O) groups is 1. The molecule has 1 aliphatic carbocycles. The number of hydrogen-bond acceptors (Lipinski definition) is 12. The fourth-order valence-electron chi connectivity index (χ4n) is 13.3. The number of nitrogens with zero attached hydrogens (tertiary/aromatic N) is 7. The number of halogens is 5. The smallest absolute Gasteiger partial charge is 0.416 e. The first-order chi connectivity index (χ1) is 46.6. The number of para-hydroxylation sites is 1. The molecule has 4 N–H and O–H groups in total. The molecule has 3 heterocycles. The minimum atomic E-state index is -4.29. The van der Waals surface area contributed by atoms with Gasteiger partial charge in [-0.05, 0) is 171 Å². The van der Waals surface area contributed by atoms with E-state index in [1.807, 2.05) is 56.6 Å². The van der Waals surface area contributed by atoms with E-state index in [0.29, 0.717) is 31.2 Å². The van der Waals surface area contributed by atoms with Crippen molar-refractivity contribution in [3.05, 3.63) is 221 Å². The topological polar surface area (TPSA) is 106 Å². The van der Waals surface area contributed by atoms with Gasteiger partial charge in [0.15, 0.2) is 0 Å². The van der Waals surface area contributed by atoms with Crippen LogP contribution >= 0.6 is 0 Å². The average Bonchev–Trinajstić information content (AvgIpc) is 0.838. The van der Waals surface area contributed by atoms with Gasteiger partial charge in [0.05, 0.1) is 25.8 Å². The summed E-state index contributed by atoms with van der Waals surface area (Å²) in [6, 6.07) is 54.9. The Balaban J connectivity index is 0.000000268. The zero-order chi connectivity index (χ0) is 67.7. The number of carbonyl (C=O) groups excluding carboxylic acids is 1. The highest BCUT2D eigenvalue weighted by Gasteiger charge is 2.32. The van der Waals surface area contributed by atoms with Crippen LogP contribution in [-0.4, -0.2) is 183 Å². The Morgan fingerprint density at radius 2 is 0.969 bits per heavy atom. The van der Waals surface area contributed by atoms with Crippen LogP contribution in [0.1, 0.15) is 89.3 Å². The molecule has 3 unspecified atom stereocenters. The second-order valence-electron chi connectivity index (χ2n) is 25.7. The molecule has 0 radical (unpaired) electrons. The summed E-state index contributed by atoms with van der Waals surface area (Å²) in [5, 5.41) is 13.0. The minimum Gasteiger partial charge on any atom is -0.497 e. The lowest BCUT2D eigenvalue weighted by Crippen LogP contribution is -2.53. The molecule has 0 aromatic heterocycles. The number of nitrogens with one attached hydrogen (secondary N) is 4. The van der Waals surface area contributed by atoms with Gasteiger partial charge in [-0.2, -0.15) is 13.2 Å². The number of amides is 2. The molecule has 524 valence electrons. The molecule has 7 aromatic rings. The summed E-state index contributed by atoms with van der Waals surface area (Å²) in [7, 11) is 9.62. The molecule has 1 saturated carbocycles. The number of rotatable bonds is 24. The summed E-state index contributed by atoms with van der Waals surface area (Å²) in [6.07, 6.45) is 4.03. The maximum atomic E-state index is 13.1. The van der Waals surface area contributed by atoms with E-state index < -0.39 is 11.7 Å². The van der Waals surface area contributed by atoms with Crippen LogP contribution in [0.15, 0.2) is 176 Å². The van der Waals surface area contributed by atoms with Crippen molar-refractivity contribution in [1.29, 1.82) is 0 Å². The molecule has 4 aliphatic rings. The van der Waals surface area contributed by atoms with Crippen molar-refractivity contribution in [2.45, 2.75) is 75.3 Å². The van der Waals surface area contributed by atoms with Crippen LogP contribution in [0.5, 0.6) is 11.5 Å². The van der Waals surface area contributed by atoms with Crippen LogP contribution in [-0.2, 0) is 19.0 Å². The molecule has 3 atom stereocenters. The van der Waals surface area contributed by atoms with Gasteiger partial charge < -0.3 is 45.4 Å². The maximum Gasteiger partial charge on any atom is 0.416 e. The van der Waals surface area contributed by atoms with Crippen LogP contribution in [0.3, 0.4) is 0 Å². The number of urea groups is 1. The number of benzene rings is 7. The molecular formula is C77H108F5N11O3. The fourth-order valence-corrected chi connectivity index (χ4v) is 13.3. The van der Waals surface area contributed by atoms with Crippen LogP contribution in [0.25, 0.3) is 0 Å². The van der Waals surface area contributed by atoms with E-state index in [1.54, 1.807) is 38.5 Å². The highest BCUT2D eigenvalue weighted by atomic mass is 19.4. The van der Waals surface area contributed by atoms with Crippen LogP contribution in [0, 0.1) is 11.6 Å². The number of alkyl halides is 3. The van der Waals surface area contributed by atoms with E-state index in [0.717, 1.165) is 151 Å². The Bertz CT molecular complexity index is 3350. The van der Waals surface area contributed by atoms with E-state index in [2.05, 4.69) is 135 Å². The van der Waals surface area contributed by atoms with Crippen molar-refractivity contribution in [1.82, 2.24) is 40.4 Å². The highest BCUT2D eigenvalue weighted by Crippen LogP contribution is 2.32. The van der Waals surface area contributed by atoms with Crippen LogP contribution in [0.2, 0.25) is 0 Å². The van der Waals surface area contributed by atoms with Crippen LogP contribution in [0.4, 0.5) is 43.8 Å². The lowest BCUT2D eigenvalue weighted by atomic mass is 9.93. The van der Waals surface area contributed by atoms with E-state index in [4.69, 9.17) is 9.47 Å². The Morgan fingerprint density at radius 3 is 1.44 bits per heavy atom. The Morgan fingerprint density at radius 1 is 0.531 bits per heavy atom. The Labute approximate surface area is 572 Å². The van der Waals surface area contributed by atoms with Crippen molar-refractivity contribution in [3.8, 4) is 11.5 Å². The lowest BCUT2D eigenvalue weighted by Gasteiger charge is -2.43. The van der Waals surface area contributed by atoms with E-state index >= 15 is 0 Å². The van der Waals surface area contributed by atoms with Gasteiger partial charge in [-0.3, -0.25) is 19.6 Å². The van der Waals surface area contributed by atoms with Crippen LogP contribution < -0.4 is 40.5 Å². The molecule has 0 spiro atoms. The molecule has 3 saturated heterocycles. The second-order valence-corrected chi connectivity index (χ2v) is 25.7. The van der Waals surface area contributed by atoms with Gasteiger partial charge in [0.1, 0.15) is 23.1 Å². The molecule has 19 heteroatoms. The minimum absolute atomic E-state index is 0. The molecule has 0 bridgehead atoms. The normalized spacial score (nSPS) is 17.2. The average molecular weight is 1330 g/mol. The summed E-state index contributed by atoms with van der Waals surface area (Å²) in [5.41, 5.74) is 8.20. The number of likely N-dealkylation sites (N-methyl/N-ethyl adjacent to an activating group) is 1. The summed E-state index contributed by atoms with van der Waals surface area (Å²) in [4.78, 5) is 29.7. The first-order valence-corrected chi connectivity index (χ1v) is 34.2. The number of hydrogen-bond donors (Lipinski definition) is 4. The maximum absolute atomic E-state index is 13.1. The quantitative estimate of drug-likeness (QED) is 0.0342. The van der Waals surface area contributed by atoms with Gasteiger partial charge in [0, 0.05) is 153 Å². The third-order valence-corrected chi connectivity index (χ3v) is 19.1. The molecule has 11 rings (SSSR count). The van der Waals surface area contributed by atoms with Crippen molar-refractivity contribution < 1.29 is 41.9 Å². The van der Waals surface area contributed by atoms with Gasteiger partial charge in [-0.25, -0.2) is 13.6 Å². The third kappa shape index (κ3) is 22.5. The highest BCUT2D eigenvalue weighted by molar-refractivity contribution is 5.89. The summed E-state index contributed by atoms with van der Waals surface area (Å²) in [5.74, 6) is 1.20. The third-order valence-electron chi connectivity index (χ3n) is 19.1. The molecule has 2 amide bonds. The molecule has 7 aromatic carbocycles. The van der Waals surface area contributed by atoms with E-state index in [1.165, 1.54) is 78.9 Å². The first kappa shape index (κ1) is 72.6. The Hall–Kier alpha value is -7.62. The van der Waals surface area contributed by atoms with Gasteiger partial charge in [-0.1, -0.05) is 98.1 Å². The van der Waals surface area contributed by atoms with Gasteiger partial charge in [0.25, 0.3) is 0 Å². The SMILES string of the molecule is CN(C)c1ccc(C(CNCCc2ccc(C(F)(F)F)cc2)N2CCN(c3ccccc3)CC2)cc1.COc1ccc(C(CNC(=O)Nc2ccc(F)cc2)N2CCN(C3CCCCC3)CC2)cc1.COc1ccc(C(CNCCc2ccc(F)cc2)N2CCN(C)CC2)cc1.[HH].[HH].[HH].[HH]. The molecule has 96 heavy (non-hydrogen) atoms. The van der Waals surface area contributed by atoms with Gasteiger partial charge >= 0.3 is 12.2 Å². The first-order valence-electron chi connectivity index (χ1n) is 34.2. The summed E-state index contributed by atoms with van der Waals surface area (Å²) >= 11 is 0. The van der Waals surface area contributed by atoms with Gasteiger partial charge in [-0.15, -0.1) is 0 Å². The summed E-state index contributed by atoms with van der Waals surface area (Å²) in [6.45, 7) is 16.1. The Kier molecular flexibility index (Phi) is 28.2. The summed E-state index contributed by atoms with van der Waals surface area (Å²) < 4.78 is 75.2.